The summed E-state index contributed by atoms with van der Waals surface area (Å²) in [6.45, 7) is 6.72. The summed E-state index contributed by atoms with van der Waals surface area (Å²) in [6, 6.07) is 1.25. The van der Waals surface area contributed by atoms with Crippen LogP contribution in [0.25, 0.3) is 0 Å². The minimum atomic E-state index is -5.42. The Morgan fingerprint density at radius 1 is 0.682 bits per heavy atom. The number of ether oxygens (including phenoxy) is 3. The summed E-state index contributed by atoms with van der Waals surface area (Å²) in [5.74, 6) is 0.218. The summed E-state index contributed by atoms with van der Waals surface area (Å²) in [5.41, 5.74) is 4.59. The zero-order valence-electron chi connectivity index (χ0n) is 40.3. The van der Waals surface area contributed by atoms with Gasteiger partial charge < -0.3 is 39.9 Å². The number of phosphoric ester groups is 2. The monoisotopic (exact) mass is 982 g/mol. The molecule has 1 aromatic heterocycles. The average Bonchev–Trinajstić information content (AvgIpc) is 3.52. The van der Waals surface area contributed by atoms with Gasteiger partial charge in [-0.25, -0.2) is 13.9 Å². The molecule has 0 saturated carbocycles. The van der Waals surface area contributed by atoms with Gasteiger partial charge in [0.2, 0.25) is 0 Å². The van der Waals surface area contributed by atoms with E-state index in [4.69, 9.17) is 29.0 Å². The number of nitrogens with zero attached hydrogens (tertiary/aromatic N) is 2. The van der Waals surface area contributed by atoms with Gasteiger partial charge in [0.05, 0.1) is 13.2 Å². The number of aliphatic hydroxyl groups excluding tert-OH is 2. The number of unbranched alkanes of at least 4 members (excludes halogenated alkanes) is 20. The quantitative estimate of drug-likeness (QED) is 0.0233. The van der Waals surface area contributed by atoms with Gasteiger partial charge in [-0.15, -0.1) is 0 Å². The number of carbonyl (C=O) groups is 2. The molecule has 1 aromatic rings. The van der Waals surface area contributed by atoms with E-state index >= 15 is 0 Å². The molecule has 2 rings (SSSR count). The fraction of sp³-hybridized carbons (Fsp3) is 0.870. The normalized spacial score (nSPS) is 19.8. The molecule has 6 N–H and O–H groups in total. The van der Waals surface area contributed by atoms with Crippen molar-refractivity contribution in [2.75, 3.05) is 25.6 Å². The third-order valence-electron chi connectivity index (χ3n) is 11.5. The van der Waals surface area contributed by atoms with Crippen molar-refractivity contribution in [2.24, 2.45) is 11.8 Å². The number of hydrogen-bond donors (Lipinski definition) is 5. The van der Waals surface area contributed by atoms with Crippen LogP contribution in [0.2, 0.25) is 0 Å². The number of anilines is 1. The van der Waals surface area contributed by atoms with E-state index in [2.05, 4.69) is 37.0 Å². The zero-order chi connectivity index (χ0) is 48.8. The highest BCUT2D eigenvalue weighted by Crippen LogP contribution is 2.60. The van der Waals surface area contributed by atoms with Gasteiger partial charge >= 0.3 is 33.3 Å². The molecule has 3 unspecified atom stereocenters. The Hall–Kier alpha value is -2.24. The molecule has 0 amide bonds. The highest BCUT2D eigenvalue weighted by atomic mass is 31.3. The van der Waals surface area contributed by atoms with Crippen molar-refractivity contribution in [3.05, 3.63) is 22.7 Å². The molecule has 0 radical (unpaired) electrons. The highest BCUT2D eigenvalue weighted by molar-refractivity contribution is 7.61. The lowest BCUT2D eigenvalue weighted by molar-refractivity contribution is -0.161. The second kappa shape index (κ2) is 34.1. The maximum atomic E-state index is 12.8. The Morgan fingerprint density at radius 3 is 1.59 bits per heavy atom. The molecule has 0 aliphatic carbocycles. The number of aromatic nitrogens is 2. The van der Waals surface area contributed by atoms with Crippen LogP contribution in [0.3, 0.4) is 0 Å². The number of aliphatic hydroxyl groups is 2. The molecule has 20 heteroatoms. The number of esters is 2. The number of carbonyl (C=O) groups excluding carboxylic acids is 2. The van der Waals surface area contributed by atoms with Gasteiger partial charge in [-0.1, -0.05) is 169 Å². The first-order chi connectivity index (χ1) is 31.4. The lowest BCUT2D eigenvalue weighted by atomic mass is 10.0. The largest absolute Gasteiger partial charge is 0.481 e. The van der Waals surface area contributed by atoms with E-state index in [0.29, 0.717) is 18.8 Å². The van der Waals surface area contributed by atoms with Crippen LogP contribution in [0.5, 0.6) is 0 Å². The highest BCUT2D eigenvalue weighted by Gasteiger charge is 2.46. The van der Waals surface area contributed by atoms with E-state index in [1.165, 1.54) is 102 Å². The Balaban J connectivity index is 1.78. The first kappa shape index (κ1) is 59.9. The van der Waals surface area contributed by atoms with Crippen molar-refractivity contribution in [3.63, 3.8) is 0 Å². The Morgan fingerprint density at radius 2 is 1.12 bits per heavy atom. The fourth-order valence-electron chi connectivity index (χ4n) is 7.68. The van der Waals surface area contributed by atoms with Crippen molar-refractivity contribution in [1.82, 2.24) is 9.55 Å². The summed E-state index contributed by atoms with van der Waals surface area (Å²) < 4.78 is 56.7. The molecule has 1 fully saturated rings. The van der Waals surface area contributed by atoms with Crippen LogP contribution in [0.1, 0.15) is 201 Å². The van der Waals surface area contributed by atoms with Crippen LogP contribution in [0.15, 0.2) is 17.1 Å². The van der Waals surface area contributed by atoms with E-state index in [1.807, 2.05) is 0 Å². The van der Waals surface area contributed by atoms with Crippen molar-refractivity contribution in [1.29, 1.82) is 0 Å². The molecule has 2 heterocycles. The third-order valence-corrected chi connectivity index (χ3v) is 14.1. The third kappa shape index (κ3) is 28.3. The fourth-order valence-corrected chi connectivity index (χ4v) is 9.79. The molecule has 1 aliphatic heterocycles. The number of nitrogens with two attached hydrogens (primary N) is 1. The van der Waals surface area contributed by atoms with Crippen molar-refractivity contribution in [2.45, 2.75) is 225 Å². The van der Waals surface area contributed by atoms with Crippen LogP contribution in [0.4, 0.5) is 5.82 Å². The van der Waals surface area contributed by atoms with Crippen LogP contribution >= 0.6 is 15.6 Å². The summed E-state index contributed by atoms with van der Waals surface area (Å²) in [4.78, 5) is 61.8. The van der Waals surface area contributed by atoms with E-state index in [1.54, 1.807) is 0 Å². The standard InChI is InChI=1S/C46H85N3O15P2/c1-36(2)27-23-19-15-12-10-8-6-5-7-9-11-13-17-22-26-30-42(51)62-38(33-59-41(50)29-25-21-18-14-16-20-24-28-37(3)4)34-60-65(55,56)64-66(57,58)61-35-39-43(52)44(53)45(63-39)49-32-31-40(47)48-46(49)54/h31-32,36-39,43-45,52-53H,5-30,33-35H2,1-4H3,(H,55,56)(H,57,58)(H2,47,48,54)/t38-,39-,43+,44?,45-/m1/s1. The summed E-state index contributed by atoms with van der Waals surface area (Å²) >= 11 is 0. The molecule has 1 aliphatic rings. The van der Waals surface area contributed by atoms with Gasteiger partial charge in [0.1, 0.15) is 30.7 Å². The van der Waals surface area contributed by atoms with E-state index in [9.17, 15) is 43.5 Å². The SMILES string of the molecule is CC(C)CCCCCCCCCCCCCCCCCC(=O)O[C@H](COC(=O)CCCCCCCCCC(C)C)COP(=O)(O)OP(=O)(O)OC[C@H]1O[C@@H](n2ccc(N)nc2=O)C(O)[C@H]1O. The molecular formula is C46H85N3O15P2. The smallest absolute Gasteiger partial charge is 0.462 e. The van der Waals surface area contributed by atoms with Crippen LogP contribution < -0.4 is 11.4 Å². The minimum Gasteiger partial charge on any atom is -0.462 e. The van der Waals surface area contributed by atoms with Crippen molar-refractivity contribution < 1.29 is 66.3 Å². The molecule has 384 valence electrons. The molecule has 7 atom stereocenters. The van der Waals surface area contributed by atoms with Crippen molar-refractivity contribution in [3.8, 4) is 0 Å². The van der Waals surface area contributed by atoms with Crippen LogP contribution in [0, 0.1) is 11.8 Å². The second-order valence-electron chi connectivity index (χ2n) is 18.6. The van der Waals surface area contributed by atoms with Crippen molar-refractivity contribution >= 4 is 33.4 Å². The Bertz CT molecular complexity index is 1630. The first-order valence-corrected chi connectivity index (χ1v) is 27.8. The molecule has 0 bridgehead atoms. The molecular weight excluding hydrogens is 896 g/mol. The molecule has 1 saturated heterocycles. The van der Waals surface area contributed by atoms with Gasteiger partial charge in [0, 0.05) is 19.0 Å². The number of rotatable bonds is 40. The van der Waals surface area contributed by atoms with Gasteiger partial charge in [-0.05, 0) is 30.7 Å². The lowest BCUT2D eigenvalue weighted by Gasteiger charge is -2.21. The predicted octanol–water partition coefficient (Wildman–Crippen LogP) is 9.60. The maximum Gasteiger partial charge on any atom is 0.481 e. The number of hydrogen-bond acceptors (Lipinski definition) is 15. The molecule has 0 aromatic carbocycles. The van der Waals surface area contributed by atoms with E-state index in [0.717, 1.165) is 61.9 Å². The maximum absolute atomic E-state index is 12.8. The van der Waals surface area contributed by atoms with Gasteiger partial charge in [0.25, 0.3) is 0 Å². The summed E-state index contributed by atoms with van der Waals surface area (Å²) in [6.07, 6.45) is 20.8. The molecule has 66 heavy (non-hydrogen) atoms. The van der Waals surface area contributed by atoms with Gasteiger partial charge in [0.15, 0.2) is 12.3 Å². The van der Waals surface area contributed by atoms with Crippen LogP contribution in [-0.4, -0.2) is 85.7 Å². The lowest BCUT2D eigenvalue weighted by Crippen LogP contribution is -2.36. The average molecular weight is 982 g/mol. The summed E-state index contributed by atoms with van der Waals surface area (Å²) in [5, 5.41) is 20.9. The number of nitrogen functional groups attached to an aromatic ring is 1. The second-order valence-corrected chi connectivity index (χ2v) is 21.7. The molecule has 0 spiro atoms. The minimum absolute atomic E-state index is 0.0563. The van der Waals surface area contributed by atoms with E-state index < -0.39 is 83.7 Å². The predicted molar refractivity (Wildman–Crippen MR) is 252 cm³/mol. The topological polar surface area (TPSA) is 265 Å². The zero-order valence-corrected chi connectivity index (χ0v) is 42.1. The van der Waals surface area contributed by atoms with Gasteiger partial charge in [-0.3, -0.25) is 23.2 Å². The Kier molecular flexibility index (Phi) is 31.0. The number of phosphoric acid groups is 2. The van der Waals surface area contributed by atoms with Crippen LogP contribution in [-0.2, 0) is 46.3 Å². The Labute approximate surface area is 393 Å². The first-order valence-electron chi connectivity index (χ1n) is 24.8. The molecule has 18 nitrogen and oxygen atoms in total. The van der Waals surface area contributed by atoms with Gasteiger partial charge in [-0.2, -0.15) is 9.29 Å². The summed E-state index contributed by atoms with van der Waals surface area (Å²) in [7, 11) is -10.8. The van der Waals surface area contributed by atoms with E-state index in [-0.39, 0.29) is 18.7 Å².